The third kappa shape index (κ3) is 2.33. The molecule has 0 bridgehead atoms. The molecular weight excluding hydrogens is 315 g/mol. The van der Waals surface area contributed by atoms with E-state index in [-0.39, 0.29) is 0 Å². The van der Waals surface area contributed by atoms with Gasteiger partial charge in [-0.15, -0.1) is 0 Å². The van der Waals surface area contributed by atoms with Gasteiger partial charge in [0.05, 0.1) is 10.6 Å². The monoisotopic (exact) mass is 328 g/mol. The van der Waals surface area contributed by atoms with Crippen molar-refractivity contribution < 1.29 is 4.79 Å². The van der Waals surface area contributed by atoms with Gasteiger partial charge in [-0.25, -0.2) is 0 Å². The van der Waals surface area contributed by atoms with Crippen LogP contribution in [0.3, 0.4) is 0 Å². The van der Waals surface area contributed by atoms with Crippen molar-refractivity contribution in [3.63, 3.8) is 0 Å². The minimum atomic E-state index is -2.55. The number of aldehydes is 1. The fourth-order valence-corrected chi connectivity index (χ4v) is 6.87. The zero-order valence-electron chi connectivity index (χ0n) is 12.8. The van der Waals surface area contributed by atoms with Crippen molar-refractivity contribution in [1.29, 1.82) is 10.5 Å². The smallest absolute Gasteiger partial charge is 0.150 e. The Morgan fingerprint density at radius 1 is 0.792 bits per heavy atom. The number of allylic oxidation sites excluding steroid dienone is 4. The highest BCUT2D eigenvalue weighted by Gasteiger charge is 2.33. The molecule has 3 nitrogen and oxygen atoms in total. The van der Waals surface area contributed by atoms with Gasteiger partial charge >= 0.3 is 0 Å². The van der Waals surface area contributed by atoms with Crippen molar-refractivity contribution in [2.45, 2.75) is 0 Å². The molecule has 24 heavy (non-hydrogen) atoms. The molecule has 0 spiro atoms. The van der Waals surface area contributed by atoms with Crippen LogP contribution in [0.15, 0.2) is 83.7 Å². The summed E-state index contributed by atoms with van der Waals surface area (Å²) in [6.45, 7) is -2.55. The number of nitrogens with zero attached hydrogens (tertiary/aromatic N) is 2. The molecule has 4 heteroatoms. The number of nitriles is 2. The molecule has 0 fully saturated rings. The lowest BCUT2D eigenvalue weighted by atomic mass is 10.2. The molecule has 0 radical (unpaired) electrons. The molecule has 0 saturated carbocycles. The van der Waals surface area contributed by atoms with Crippen LogP contribution in [0.4, 0.5) is 0 Å². The van der Waals surface area contributed by atoms with E-state index in [4.69, 9.17) is 0 Å². The number of carbonyl (C=O) groups is 1. The summed E-state index contributed by atoms with van der Waals surface area (Å²) in [6, 6.07) is 23.7. The van der Waals surface area contributed by atoms with Gasteiger partial charge in [0.25, 0.3) is 0 Å². The Kier molecular flexibility index (Phi) is 4.30. The first-order valence-corrected chi connectivity index (χ1v) is 9.13. The predicted molar refractivity (Wildman–Crippen MR) is 97.5 cm³/mol. The van der Waals surface area contributed by atoms with E-state index in [2.05, 4.69) is 12.1 Å². The second kappa shape index (κ2) is 6.55. The van der Waals surface area contributed by atoms with Gasteiger partial charge in [-0.2, -0.15) is 10.5 Å². The van der Waals surface area contributed by atoms with Crippen molar-refractivity contribution in [3.8, 4) is 12.1 Å². The van der Waals surface area contributed by atoms with E-state index in [1.807, 2.05) is 60.7 Å². The highest BCUT2D eigenvalue weighted by molar-refractivity contribution is 7.93. The quantitative estimate of drug-likeness (QED) is 0.643. The number of hydrogen-bond donors (Lipinski definition) is 0. The van der Waals surface area contributed by atoms with Crippen molar-refractivity contribution in [3.05, 3.63) is 83.7 Å². The zero-order chi connectivity index (χ0) is 17.0. The van der Waals surface area contributed by atoms with Gasteiger partial charge in [-0.05, 0) is 22.8 Å². The normalized spacial score (nSPS) is 15.5. The second-order valence-electron chi connectivity index (χ2n) is 5.24. The summed E-state index contributed by atoms with van der Waals surface area (Å²) in [7, 11) is 0. The standard InChI is InChI=1S/C20H13N2OP/c21-13-19-11-16(15-23)12-20(14-22)24(19,17-7-3-1-4-8-17)18-9-5-2-6-10-18/h1-12,15H. The first-order valence-electron chi connectivity index (χ1n) is 7.34. The Labute approximate surface area is 140 Å². The predicted octanol–water partition coefficient (Wildman–Crippen LogP) is 2.90. The maximum absolute atomic E-state index is 11.2. The molecule has 0 N–H and O–H groups in total. The average molecular weight is 328 g/mol. The van der Waals surface area contributed by atoms with E-state index in [1.54, 1.807) is 12.2 Å². The Morgan fingerprint density at radius 3 is 1.75 bits per heavy atom. The molecule has 1 aliphatic heterocycles. The Balaban J connectivity index is 2.56. The van der Waals surface area contributed by atoms with Gasteiger partial charge in [0.1, 0.15) is 18.4 Å². The van der Waals surface area contributed by atoms with Crippen LogP contribution < -0.4 is 10.6 Å². The Bertz CT molecular complexity index is 944. The van der Waals surface area contributed by atoms with E-state index in [9.17, 15) is 15.3 Å². The van der Waals surface area contributed by atoms with Crippen LogP contribution in [-0.4, -0.2) is 11.6 Å². The number of carbonyl (C=O) groups excluding carboxylic acids is 1. The van der Waals surface area contributed by atoms with E-state index < -0.39 is 6.89 Å². The van der Waals surface area contributed by atoms with Gasteiger partial charge in [0.2, 0.25) is 0 Å². The number of rotatable bonds is 3. The second-order valence-corrected chi connectivity index (χ2v) is 8.58. The van der Waals surface area contributed by atoms with E-state index in [0.29, 0.717) is 22.5 Å². The van der Waals surface area contributed by atoms with Crippen LogP contribution in [-0.2, 0) is 4.79 Å². The van der Waals surface area contributed by atoms with E-state index >= 15 is 0 Å². The minimum Gasteiger partial charge on any atom is -0.298 e. The largest absolute Gasteiger partial charge is 0.298 e. The summed E-state index contributed by atoms with van der Waals surface area (Å²) < 4.78 is 0. The van der Waals surface area contributed by atoms with Crippen molar-refractivity contribution >= 4 is 29.1 Å². The molecule has 3 rings (SSSR count). The molecule has 114 valence electrons. The molecular formula is C20H13N2OP. The van der Waals surface area contributed by atoms with Crippen molar-refractivity contribution in [2.75, 3.05) is 0 Å². The van der Waals surface area contributed by atoms with E-state index in [1.165, 1.54) is 0 Å². The van der Waals surface area contributed by atoms with Crippen LogP contribution in [0.25, 0.3) is 0 Å². The lowest BCUT2D eigenvalue weighted by Crippen LogP contribution is -2.24. The number of hydrogen-bond acceptors (Lipinski definition) is 3. The molecule has 0 aromatic heterocycles. The summed E-state index contributed by atoms with van der Waals surface area (Å²) in [5.41, 5.74) is 0.352. The SMILES string of the molecule is N#CC1=CC(C=O)=CC(C#N)=P1(c1ccccc1)c1ccccc1. The lowest BCUT2D eigenvalue weighted by molar-refractivity contribution is -0.104. The Hall–Kier alpha value is -3.13. The van der Waals surface area contributed by atoms with Gasteiger partial charge in [-0.3, -0.25) is 4.79 Å². The third-order valence-corrected chi connectivity index (χ3v) is 8.03. The highest BCUT2D eigenvalue weighted by Crippen LogP contribution is 2.56. The maximum atomic E-state index is 11.2. The average Bonchev–Trinajstić information content (AvgIpc) is 2.68. The summed E-state index contributed by atoms with van der Waals surface area (Å²) >= 11 is 0. The van der Waals surface area contributed by atoms with Gasteiger partial charge in [0, 0.05) is 12.5 Å². The molecule has 1 aliphatic rings. The summed E-state index contributed by atoms with van der Waals surface area (Å²) in [6.07, 6.45) is 3.90. The fourth-order valence-electron chi connectivity index (χ4n) is 2.97. The summed E-state index contributed by atoms with van der Waals surface area (Å²) in [4.78, 5) is 11.2. The fraction of sp³-hybridized carbons (Fsp3) is 0. The Morgan fingerprint density at radius 2 is 1.33 bits per heavy atom. The molecule has 0 unspecified atom stereocenters. The third-order valence-electron chi connectivity index (χ3n) is 3.98. The number of benzene rings is 2. The van der Waals surface area contributed by atoms with Crippen LogP contribution in [0.5, 0.6) is 0 Å². The van der Waals surface area contributed by atoms with Crippen LogP contribution in [0.1, 0.15) is 0 Å². The molecule has 0 amide bonds. The van der Waals surface area contributed by atoms with E-state index in [0.717, 1.165) is 10.6 Å². The topological polar surface area (TPSA) is 64.7 Å². The lowest BCUT2D eigenvalue weighted by Gasteiger charge is -2.30. The van der Waals surface area contributed by atoms with Crippen molar-refractivity contribution in [2.24, 2.45) is 0 Å². The maximum Gasteiger partial charge on any atom is 0.150 e. The van der Waals surface area contributed by atoms with Crippen LogP contribution >= 0.6 is 6.89 Å². The van der Waals surface area contributed by atoms with Crippen LogP contribution in [0.2, 0.25) is 0 Å². The molecule has 2 aromatic rings. The van der Waals surface area contributed by atoms with Crippen molar-refractivity contribution in [1.82, 2.24) is 0 Å². The molecule has 0 aliphatic carbocycles. The molecule has 0 atom stereocenters. The minimum absolute atomic E-state index is 0.352. The highest BCUT2D eigenvalue weighted by atomic mass is 31.2. The zero-order valence-corrected chi connectivity index (χ0v) is 13.6. The van der Waals surface area contributed by atoms with Gasteiger partial charge in [-0.1, -0.05) is 60.7 Å². The first kappa shape index (κ1) is 15.8. The van der Waals surface area contributed by atoms with Gasteiger partial charge < -0.3 is 0 Å². The van der Waals surface area contributed by atoms with Gasteiger partial charge in [0.15, 0.2) is 0 Å². The van der Waals surface area contributed by atoms with Crippen LogP contribution in [0, 0.1) is 22.7 Å². The summed E-state index contributed by atoms with van der Waals surface area (Å²) in [5, 5.41) is 22.4. The first-order chi connectivity index (χ1) is 11.8. The molecule has 1 heterocycles. The molecule has 2 aromatic carbocycles. The summed E-state index contributed by atoms with van der Waals surface area (Å²) in [5.74, 6) is 0. The molecule has 0 saturated heterocycles.